The lowest BCUT2D eigenvalue weighted by molar-refractivity contribution is 0.636. The van der Waals surface area contributed by atoms with Crippen LogP contribution in [0.15, 0.2) is 5.38 Å². The SMILES string of the molecule is CNC(C)c1csc(N2CCSCC2)n1. The largest absolute Gasteiger partial charge is 0.346 e. The molecule has 5 heteroatoms. The first kappa shape index (κ1) is 11.2. The third-order valence-corrected chi connectivity index (χ3v) is 4.53. The van der Waals surface area contributed by atoms with Crippen LogP contribution in [0.2, 0.25) is 0 Å². The molecule has 15 heavy (non-hydrogen) atoms. The molecule has 0 radical (unpaired) electrons. The molecule has 0 bridgehead atoms. The molecule has 1 atom stereocenters. The van der Waals surface area contributed by atoms with E-state index in [1.165, 1.54) is 16.6 Å². The van der Waals surface area contributed by atoms with Gasteiger partial charge in [0, 0.05) is 36.0 Å². The second-order valence-corrected chi connectivity index (χ2v) is 5.73. The monoisotopic (exact) mass is 243 g/mol. The van der Waals surface area contributed by atoms with Crippen molar-refractivity contribution in [3.05, 3.63) is 11.1 Å². The molecule has 3 nitrogen and oxygen atoms in total. The molecule has 0 spiro atoms. The van der Waals surface area contributed by atoms with E-state index in [4.69, 9.17) is 0 Å². The fourth-order valence-corrected chi connectivity index (χ4v) is 3.40. The van der Waals surface area contributed by atoms with E-state index in [1.807, 2.05) is 18.8 Å². The average molecular weight is 243 g/mol. The highest BCUT2D eigenvalue weighted by Crippen LogP contribution is 2.25. The van der Waals surface area contributed by atoms with E-state index in [2.05, 4.69) is 27.5 Å². The molecule has 0 aliphatic carbocycles. The number of hydrogen-bond donors (Lipinski definition) is 1. The number of aromatic nitrogens is 1. The van der Waals surface area contributed by atoms with E-state index >= 15 is 0 Å². The van der Waals surface area contributed by atoms with E-state index in [0.717, 1.165) is 18.8 Å². The van der Waals surface area contributed by atoms with Gasteiger partial charge >= 0.3 is 0 Å². The first-order chi connectivity index (χ1) is 7.31. The van der Waals surface area contributed by atoms with Gasteiger partial charge in [-0.3, -0.25) is 0 Å². The lowest BCUT2D eigenvalue weighted by Gasteiger charge is -2.25. The van der Waals surface area contributed by atoms with Gasteiger partial charge in [-0.2, -0.15) is 11.8 Å². The van der Waals surface area contributed by atoms with Crippen LogP contribution in [0.3, 0.4) is 0 Å². The molecule has 1 N–H and O–H groups in total. The summed E-state index contributed by atoms with van der Waals surface area (Å²) in [6.07, 6.45) is 0. The Bertz CT molecular complexity index is 307. The zero-order chi connectivity index (χ0) is 10.7. The van der Waals surface area contributed by atoms with Crippen LogP contribution in [0.1, 0.15) is 18.7 Å². The lowest BCUT2D eigenvalue weighted by Crippen LogP contribution is -2.32. The minimum absolute atomic E-state index is 0.356. The zero-order valence-electron chi connectivity index (χ0n) is 9.19. The molecule has 0 amide bonds. The van der Waals surface area contributed by atoms with Crippen LogP contribution < -0.4 is 10.2 Å². The summed E-state index contributed by atoms with van der Waals surface area (Å²) >= 11 is 3.80. The molecule has 84 valence electrons. The van der Waals surface area contributed by atoms with Crippen molar-refractivity contribution in [2.24, 2.45) is 0 Å². The standard InChI is InChI=1S/C10H17N3S2/c1-8(11-2)9-7-15-10(12-9)13-3-5-14-6-4-13/h7-8,11H,3-6H2,1-2H3. The van der Waals surface area contributed by atoms with Crippen LogP contribution in [0.5, 0.6) is 0 Å². The Hall–Kier alpha value is -0.260. The minimum atomic E-state index is 0.356. The quantitative estimate of drug-likeness (QED) is 0.878. The minimum Gasteiger partial charge on any atom is -0.346 e. The van der Waals surface area contributed by atoms with Crippen LogP contribution >= 0.6 is 23.1 Å². The first-order valence-corrected chi connectivity index (χ1v) is 7.30. The van der Waals surface area contributed by atoms with E-state index in [9.17, 15) is 0 Å². The van der Waals surface area contributed by atoms with Crippen LogP contribution in [0.4, 0.5) is 5.13 Å². The molecule has 1 fully saturated rings. The van der Waals surface area contributed by atoms with Gasteiger partial charge in [-0.25, -0.2) is 4.98 Å². The highest BCUT2D eigenvalue weighted by molar-refractivity contribution is 7.99. The molecule has 2 rings (SSSR count). The lowest BCUT2D eigenvalue weighted by atomic mass is 10.3. The fourth-order valence-electron chi connectivity index (χ4n) is 1.52. The van der Waals surface area contributed by atoms with Gasteiger partial charge in [0.2, 0.25) is 0 Å². The number of nitrogens with one attached hydrogen (secondary N) is 1. The van der Waals surface area contributed by atoms with Gasteiger partial charge in [0.1, 0.15) is 0 Å². The zero-order valence-corrected chi connectivity index (χ0v) is 10.8. The van der Waals surface area contributed by atoms with Crippen molar-refractivity contribution in [2.45, 2.75) is 13.0 Å². The van der Waals surface area contributed by atoms with E-state index in [1.54, 1.807) is 11.3 Å². The maximum atomic E-state index is 4.68. The molecular weight excluding hydrogens is 226 g/mol. The molecule has 1 saturated heterocycles. The van der Waals surface area contributed by atoms with Gasteiger partial charge in [-0.1, -0.05) is 0 Å². The van der Waals surface area contributed by atoms with Gasteiger partial charge in [0.25, 0.3) is 0 Å². The summed E-state index contributed by atoms with van der Waals surface area (Å²) < 4.78 is 0. The van der Waals surface area contributed by atoms with E-state index in [-0.39, 0.29) is 0 Å². The van der Waals surface area contributed by atoms with Gasteiger partial charge in [-0.05, 0) is 14.0 Å². The third kappa shape index (κ3) is 2.65. The summed E-state index contributed by atoms with van der Waals surface area (Å²) in [5.41, 5.74) is 1.16. The predicted molar refractivity (Wildman–Crippen MR) is 69.1 cm³/mol. The van der Waals surface area contributed by atoms with E-state index < -0.39 is 0 Å². The smallest absolute Gasteiger partial charge is 0.185 e. The molecular formula is C10H17N3S2. The first-order valence-electron chi connectivity index (χ1n) is 5.26. The van der Waals surface area contributed by atoms with Gasteiger partial charge in [0.15, 0.2) is 5.13 Å². The highest BCUT2D eigenvalue weighted by atomic mass is 32.2. The predicted octanol–water partition coefficient (Wildman–Crippen LogP) is 1.98. The van der Waals surface area contributed by atoms with Crippen molar-refractivity contribution in [1.82, 2.24) is 10.3 Å². The van der Waals surface area contributed by atoms with Gasteiger partial charge in [-0.15, -0.1) is 11.3 Å². The molecule has 2 heterocycles. The molecule has 1 aromatic rings. The maximum Gasteiger partial charge on any atom is 0.185 e. The second kappa shape index (κ2) is 5.18. The maximum absolute atomic E-state index is 4.68. The molecule has 1 aliphatic heterocycles. The molecule has 1 aromatic heterocycles. The summed E-state index contributed by atoms with van der Waals surface area (Å²) in [5, 5.41) is 6.57. The molecule has 1 unspecified atom stereocenters. The number of rotatable bonds is 3. The van der Waals surface area contributed by atoms with Crippen LogP contribution in [0, 0.1) is 0 Å². The Kier molecular flexibility index (Phi) is 3.88. The van der Waals surface area contributed by atoms with Crippen molar-refractivity contribution in [1.29, 1.82) is 0 Å². The summed E-state index contributed by atoms with van der Waals surface area (Å²) in [6.45, 7) is 4.43. The average Bonchev–Trinajstić information content (AvgIpc) is 2.78. The number of hydrogen-bond acceptors (Lipinski definition) is 5. The van der Waals surface area contributed by atoms with Crippen molar-refractivity contribution >= 4 is 28.2 Å². The normalized spacial score (nSPS) is 19.2. The third-order valence-electron chi connectivity index (χ3n) is 2.67. The molecule has 0 aromatic carbocycles. The highest BCUT2D eigenvalue weighted by Gasteiger charge is 2.15. The summed E-state index contributed by atoms with van der Waals surface area (Å²) in [7, 11) is 1.97. The Morgan fingerprint density at radius 2 is 2.20 bits per heavy atom. The van der Waals surface area contributed by atoms with Crippen molar-refractivity contribution < 1.29 is 0 Å². The summed E-state index contributed by atoms with van der Waals surface area (Å²) in [5.74, 6) is 2.47. The Labute approximate surface area is 99.3 Å². The van der Waals surface area contributed by atoms with Crippen LogP contribution in [-0.2, 0) is 0 Å². The number of anilines is 1. The molecule has 1 aliphatic rings. The molecule has 0 saturated carbocycles. The summed E-state index contributed by atoms with van der Waals surface area (Å²) in [4.78, 5) is 7.07. The van der Waals surface area contributed by atoms with Gasteiger partial charge < -0.3 is 10.2 Å². The number of nitrogens with zero attached hydrogens (tertiary/aromatic N) is 2. The van der Waals surface area contributed by atoms with Gasteiger partial charge in [0.05, 0.1) is 5.69 Å². The Morgan fingerprint density at radius 3 is 2.87 bits per heavy atom. The number of thiazole rings is 1. The van der Waals surface area contributed by atoms with Crippen LogP contribution in [-0.4, -0.2) is 36.6 Å². The van der Waals surface area contributed by atoms with Crippen molar-refractivity contribution in [3.8, 4) is 0 Å². The second-order valence-electron chi connectivity index (χ2n) is 3.66. The van der Waals surface area contributed by atoms with E-state index in [0.29, 0.717) is 6.04 Å². The summed E-state index contributed by atoms with van der Waals surface area (Å²) in [6, 6.07) is 0.356. The Morgan fingerprint density at radius 1 is 1.47 bits per heavy atom. The fraction of sp³-hybridized carbons (Fsp3) is 0.700. The Balaban J connectivity index is 2.05. The van der Waals surface area contributed by atoms with Crippen molar-refractivity contribution in [2.75, 3.05) is 36.5 Å². The topological polar surface area (TPSA) is 28.2 Å². The number of thioether (sulfide) groups is 1. The van der Waals surface area contributed by atoms with Crippen molar-refractivity contribution in [3.63, 3.8) is 0 Å². The van der Waals surface area contributed by atoms with Crippen LogP contribution in [0.25, 0.3) is 0 Å².